The number of rotatable bonds is 4. The molecule has 0 aromatic carbocycles. The third-order valence-electron chi connectivity index (χ3n) is 3.99. The predicted molar refractivity (Wildman–Crippen MR) is 79.4 cm³/mol. The van der Waals surface area contributed by atoms with Crippen molar-refractivity contribution in [2.75, 3.05) is 12.3 Å². The Kier molecular flexibility index (Phi) is 4.82. The number of hydrogen-bond donors (Lipinski definition) is 1. The second-order valence-electron chi connectivity index (χ2n) is 5.40. The first-order chi connectivity index (χ1) is 9.61. The summed E-state index contributed by atoms with van der Waals surface area (Å²) in [7, 11) is 0. The summed E-state index contributed by atoms with van der Waals surface area (Å²) in [6.07, 6.45) is 7.32. The number of aromatic nitrogens is 1. The van der Waals surface area contributed by atoms with Crippen molar-refractivity contribution in [2.24, 2.45) is 0 Å². The van der Waals surface area contributed by atoms with Crippen LogP contribution in [0, 0.1) is 0 Å². The molecule has 0 bridgehead atoms. The highest BCUT2D eigenvalue weighted by Gasteiger charge is 2.24. The molecule has 2 N–H and O–H groups in total. The topological polar surface area (TPSA) is 68.3 Å². The minimum atomic E-state index is -0.188. The molecule has 1 saturated carbocycles. The zero-order valence-corrected chi connectivity index (χ0v) is 12.0. The Morgan fingerprint density at radius 2 is 2.05 bits per heavy atom. The van der Waals surface area contributed by atoms with Gasteiger partial charge in [0.25, 0.3) is 5.56 Å². The number of pyridine rings is 1. The van der Waals surface area contributed by atoms with E-state index in [1.54, 1.807) is 6.07 Å². The molecule has 1 heterocycles. The van der Waals surface area contributed by atoms with Gasteiger partial charge in [-0.3, -0.25) is 9.59 Å². The Labute approximate surface area is 119 Å². The molecule has 1 aromatic heterocycles. The third-order valence-corrected chi connectivity index (χ3v) is 3.99. The van der Waals surface area contributed by atoms with E-state index in [0.717, 1.165) is 12.8 Å². The van der Waals surface area contributed by atoms with E-state index >= 15 is 0 Å². The molecule has 1 aromatic rings. The molecule has 5 nitrogen and oxygen atoms in total. The van der Waals surface area contributed by atoms with Gasteiger partial charge in [-0.05, 0) is 25.8 Å². The minimum Gasteiger partial charge on any atom is -0.398 e. The number of anilines is 1. The standard InChI is InChI=1S/C15H23N3O2/c1-2-18(13-6-4-3-5-7-13)15(20)11-17-10-12(16)8-9-14(17)19/h8-10,13H,2-7,11,16H2,1H3. The van der Waals surface area contributed by atoms with E-state index in [-0.39, 0.29) is 18.0 Å². The summed E-state index contributed by atoms with van der Waals surface area (Å²) in [5, 5.41) is 0. The number of carbonyl (C=O) groups is 1. The molecule has 1 amide bonds. The molecule has 0 spiro atoms. The predicted octanol–water partition coefficient (Wildman–Crippen LogP) is 1.61. The molecule has 5 heteroatoms. The van der Waals surface area contributed by atoms with Crippen molar-refractivity contribution in [3.63, 3.8) is 0 Å². The van der Waals surface area contributed by atoms with Crippen LogP contribution in [-0.2, 0) is 11.3 Å². The maximum Gasteiger partial charge on any atom is 0.251 e. The second-order valence-corrected chi connectivity index (χ2v) is 5.40. The fourth-order valence-corrected chi connectivity index (χ4v) is 2.94. The van der Waals surface area contributed by atoms with Gasteiger partial charge >= 0.3 is 0 Å². The molecular weight excluding hydrogens is 254 g/mol. The van der Waals surface area contributed by atoms with Crippen LogP contribution < -0.4 is 11.3 Å². The van der Waals surface area contributed by atoms with Crippen molar-refractivity contribution < 1.29 is 4.79 Å². The fraction of sp³-hybridized carbons (Fsp3) is 0.600. The van der Waals surface area contributed by atoms with Gasteiger partial charge < -0.3 is 15.2 Å². The third kappa shape index (κ3) is 3.40. The Morgan fingerprint density at radius 1 is 1.35 bits per heavy atom. The van der Waals surface area contributed by atoms with Crippen molar-refractivity contribution in [2.45, 2.75) is 51.6 Å². The lowest BCUT2D eigenvalue weighted by Gasteiger charge is -2.33. The van der Waals surface area contributed by atoms with Gasteiger partial charge in [-0.1, -0.05) is 19.3 Å². The van der Waals surface area contributed by atoms with E-state index in [9.17, 15) is 9.59 Å². The summed E-state index contributed by atoms with van der Waals surface area (Å²) < 4.78 is 1.39. The number of likely N-dealkylation sites (N-methyl/N-ethyl adjacent to an activating group) is 1. The summed E-state index contributed by atoms with van der Waals surface area (Å²) in [6.45, 7) is 2.77. The fourth-order valence-electron chi connectivity index (χ4n) is 2.94. The lowest BCUT2D eigenvalue weighted by atomic mass is 9.94. The molecule has 1 aliphatic carbocycles. The average molecular weight is 277 g/mol. The first-order valence-electron chi connectivity index (χ1n) is 7.37. The van der Waals surface area contributed by atoms with E-state index in [4.69, 9.17) is 5.73 Å². The van der Waals surface area contributed by atoms with Crippen LogP contribution in [0.2, 0.25) is 0 Å². The maximum atomic E-state index is 12.4. The summed E-state index contributed by atoms with van der Waals surface area (Å²) >= 11 is 0. The van der Waals surface area contributed by atoms with Crippen LogP contribution in [0.1, 0.15) is 39.0 Å². The van der Waals surface area contributed by atoms with Crippen LogP contribution in [-0.4, -0.2) is 28.0 Å². The normalized spacial score (nSPS) is 16.1. The van der Waals surface area contributed by atoms with E-state index in [0.29, 0.717) is 18.3 Å². The molecule has 0 aliphatic heterocycles. The van der Waals surface area contributed by atoms with Gasteiger partial charge in [0.15, 0.2) is 0 Å². The SMILES string of the molecule is CCN(C(=O)Cn1cc(N)ccc1=O)C1CCCCC1. The number of nitrogens with two attached hydrogens (primary N) is 1. The molecule has 1 fully saturated rings. The summed E-state index contributed by atoms with van der Waals surface area (Å²) in [4.78, 5) is 26.1. The van der Waals surface area contributed by atoms with Crippen LogP contribution in [0.5, 0.6) is 0 Å². The maximum absolute atomic E-state index is 12.4. The largest absolute Gasteiger partial charge is 0.398 e. The van der Waals surface area contributed by atoms with E-state index in [2.05, 4.69) is 0 Å². The summed E-state index contributed by atoms with van der Waals surface area (Å²) in [5.74, 6) is 0.00657. The van der Waals surface area contributed by atoms with Gasteiger partial charge in [0.1, 0.15) is 6.54 Å². The van der Waals surface area contributed by atoms with Crippen LogP contribution in [0.3, 0.4) is 0 Å². The van der Waals surface area contributed by atoms with Crippen LogP contribution in [0.25, 0.3) is 0 Å². The molecule has 110 valence electrons. The number of amides is 1. The van der Waals surface area contributed by atoms with Crippen LogP contribution >= 0.6 is 0 Å². The molecule has 2 rings (SSSR count). The molecule has 0 atom stereocenters. The molecular formula is C15H23N3O2. The van der Waals surface area contributed by atoms with Crippen molar-refractivity contribution in [1.29, 1.82) is 0 Å². The average Bonchev–Trinajstić information content (AvgIpc) is 2.45. The van der Waals surface area contributed by atoms with Crippen molar-refractivity contribution in [1.82, 2.24) is 9.47 Å². The van der Waals surface area contributed by atoms with Crippen molar-refractivity contribution in [3.8, 4) is 0 Å². The Bertz CT molecular complexity index is 518. The van der Waals surface area contributed by atoms with E-state index < -0.39 is 0 Å². The van der Waals surface area contributed by atoms with E-state index in [1.807, 2.05) is 11.8 Å². The molecule has 0 saturated heterocycles. The van der Waals surface area contributed by atoms with Crippen LogP contribution in [0.15, 0.2) is 23.1 Å². The number of nitrogens with zero attached hydrogens (tertiary/aromatic N) is 2. The highest BCUT2D eigenvalue weighted by Crippen LogP contribution is 2.22. The lowest BCUT2D eigenvalue weighted by Crippen LogP contribution is -2.43. The first kappa shape index (κ1) is 14.6. The second kappa shape index (κ2) is 6.59. The number of nitrogen functional groups attached to an aromatic ring is 1. The quantitative estimate of drug-likeness (QED) is 0.909. The van der Waals surface area contributed by atoms with Gasteiger partial charge in [0, 0.05) is 30.5 Å². The molecule has 1 aliphatic rings. The Balaban J connectivity index is 2.08. The van der Waals surface area contributed by atoms with Crippen molar-refractivity contribution in [3.05, 3.63) is 28.7 Å². The first-order valence-corrected chi connectivity index (χ1v) is 7.37. The van der Waals surface area contributed by atoms with E-state index in [1.165, 1.54) is 36.1 Å². The Hall–Kier alpha value is -1.78. The highest BCUT2D eigenvalue weighted by atomic mass is 16.2. The number of carbonyl (C=O) groups excluding carboxylic acids is 1. The summed E-state index contributed by atoms with van der Waals surface area (Å²) in [6, 6.07) is 3.29. The lowest BCUT2D eigenvalue weighted by molar-refractivity contribution is -0.134. The zero-order chi connectivity index (χ0) is 14.5. The van der Waals surface area contributed by atoms with Crippen molar-refractivity contribution >= 4 is 11.6 Å². The van der Waals surface area contributed by atoms with Gasteiger partial charge in [-0.2, -0.15) is 0 Å². The van der Waals surface area contributed by atoms with Gasteiger partial charge in [0.2, 0.25) is 5.91 Å². The zero-order valence-electron chi connectivity index (χ0n) is 12.0. The minimum absolute atomic E-state index is 0.00657. The van der Waals surface area contributed by atoms with Crippen LogP contribution in [0.4, 0.5) is 5.69 Å². The van der Waals surface area contributed by atoms with Gasteiger partial charge in [0.05, 0.1) is 0 Å². The summed E-state index contributed by atoms with van der Waals surface area (Å²) in [5.41, 5.74) is 5.98. The highest BCUT2D eigenvalue weighted by molar-refractivity contribution is 5.76. The molecule has 0 unspecified atom stereocenters. The van der Waals surface area contributed by atoms with Gasteiger partial charge in [-0.15, -0.1) is 0 Å². The smallest absolute Gasteiger partial charge is 0.251 e. The Morgan fingerprint density at radius 3 is 2.70 bits per heavy atom. The molecule has 20 heavy (non-hydrogen) atoms. The molecule has 0 radical (unpaired) electrons. The van der Waals surface area contributed by atoms with Gasteiger partial charge in [-0.25, -0.2) is 0 Å². The number of hydrogen-bond acceptors (Lipinski definition) is 3. The monoisotopic (exact) mass is 277 g/mol.